The van der Waals surface area contributed by atoms with Crippen LogP contribution in [0.4, 0.5) is 10.2 Å². The van der Waals surface area contributed by atoms with Gasteiger partial charge < -0.3 is 19.7 Å². The van der Waals surface area contributed by atoms with Gasteiger partial charge >= 0.3 is 0 Å². The summed E-state index contributed by atoms with van der Waals surface area (Å²) in [4.78, 5) is 17.2. The number of hydrogen-bond donors (Lipinski definition) is 2. The third-order valence-electron chi connectivity index (χ3n) is 5.45. The van der Waals surface area contributed by atoms with Crippen molar-refractivity contribution in [2.45, 2.75) is 24.9 Å². The number of hydrogen-bond acceptors (Lipinski definition) is 5. The number of rotatable bonds is 6. The highest BCUT2D eigenvalue weighted by atomic mass is 35.5. The second kappa shape index (κ2) is 9.60. The van der Waals surface area contributed by atoms with Gasteiger partial charge in [0.05, 0.1) is 17.7 Å². The van der Waals surface area contributed by atoms with Crippen molar-refractivity contribution in [1.82, 2.24) is 9.55 Å². The first-order valence-electron chi connectivity index (χ1n) is 10.1. The fraction of sp³-hybridized carbons (Fsp3) is 0.304. The van der Waals surface area contributed by atoms with Gasteiger partial charge in [0.1, 0.15) is 11.6 Å². The second-order valence-corrected chi connectivity index (χ2v) is 7.90. The molecule has 6 nitrogen and oxygen atoms in total. The zero-order valence-electron chi connectivity index (χ0n) is 16.8. The zero-order chi connectivity index (χ0) is 21.8. The van der Waals surface area contributed by atoms with E-state index in [1.54, 1.807) is 24.5 Å². The summed E-state index contributed by atoms with van der Waals surface area (Å²) in [6.45, 7) is 1.12. The maximum Gasteiger partial charge on any atom is 0.251 e. The molecule has 0 aliphatic carbocycles. The molecule has 0 saturated carbocycles. The maximum absolute atomic E-state index is 13.9. The molecule has 1 aliphatic rings. The Morgan fingerprint density at radius 1 is 1.19 bits per heavy atom. The van der Waals surface area contributed by atoms with Gasteiger partial charge in [0.2, 0.25) is 0 Å². The second-order valence-electron chi connectivity index (χ2n) is 7.49. The summed E-state index contributed by atoms with van der Waals surface area (Å²) in [5.74, 6) is 0.155. The fourth-order valence-electron chi connectivity index (χ4n) is 3.74. The highest BCUT2D eigenvalue weighted by Gasteiger charge is 2.17. The van der Waals surface area contributed by atoms with Crippen molar-refractivity contribution in [1.29, 1.82) is 0 Å². The summed E-state index contributed by atoms with van der Waals surface area (Å²) in [7, 11) is 0. The average molecular weight is 444 g/mol. The van der Waals surface area contributed by atoms with E-state index in [1.165, 1.54) is 22.8 Å². The Kier molecular flexibility index (Phi) is 6.65. The van der Waals surface area contributed by atoms with Crippen LogP contribution in [-0.4, -0.2) is 40.5 Å². The summed E-state index contributed by atoms with van der Waals surface area (Å²) >= 11 is 5.75. The number of ether oxygens (including phenoxy) is 1. The summed E-state index contributed by atoms with van der Waals surface area (Å²) in [5, 5.41) is 13.3. The molecule has 0 amide bonds. The maximum atomic E-state index is 13.9. The third-order valence-corrected chi connectivity index (χ3v) is 5.76. The molecule has 1 aliphatic heterocycles. The zero-order valence-corrected chi connectivity index (χ0v) is 17.6. The SMILES string of the molecule is O=c1cc(-c2ccnc(NC3CCOCC3)c2)ccn1[C@H](CO)c1ccc(Cl)c(F)c1. The molecular formula is C23H23ClFN3O3. The van der Waals surface area contributed by atoms with Gasteiger partial charge in [0.25, 0.3) is 5.56 Å². The van der Waals surface area contributed by atoms with Crippen molar-refractivity contribution >= 4 is 17.4 Å². The van der Waals surface area contributed by atoms with E-state index in [-0.39, 0.29) is 17.2 Å². The molecule has 1 saturated heterocycles. The molecule has 1 atom stereocenters. The van der Waals surface area contributed by atoms with E-state index in [2.05, 4.69) is 10.3 Å². The number of aromatic nitrogens is 2. The summed E-state index contributed by atoms with van der Waals surface area (Å²) in [6, 6.07) is 10.9. The molecule has 0 bridgehead atoms. The number of benzene rings is 1. The largest absolute Gasteiger partial charge is 0.394 e. The molecule has 0 spiro atoms. The lowest BCUT2D eigenvalue weighted by atomic mass is 10.1. The van der Waals surface area contributed by atoms with E-state index in [4.69, 9.17) is 16.3 Å². The Bertz CT molecular complexity index is 1120. The van der Waals surface area contributed by atoms with Crippen LogP contribution in [0.25, 0.3) is 11.1 Å². The topological polar surface area (TPSA) is 76.4 Å². The Balaban J connectivity index is 1.59. The van der Waals surface area contributed by atoms with Crippen LogP contribution in [0.15, 0.2) is 59.7 Å². The number of halogens is 2. The predicted octanol–water partition coefficient (Wildman–Crippen LogP) is 3.88. The number of anilines is 1. The van der Waals surface area contributed by atoms with Gasteiger partial charge in [-0.15, -0.1) is 0 Å². The van der Waals surface area contributed by atoms with Crippen molar-refractivity contribution in [2.75, 3.05) is 25.1 Å². The minimum atomic E-state index is -0.712. The molecule has 162 valence electrons. The molecular weight excluding hydrogens is 421 g/mol. The molecule has 0 unspecified atom stereocenters. The van der Waals surface area contributed by atoms with Crippen molar-refractivity contribution in [2.24, 2.45) is 0 Å². The molecule has 31 heavy (non-hydrogen) atoms. The van der Waals surface area contributed by atoms with Crippen LogP contribution in [0.5, 0.6) is 0 Å². The lowest BCUT2D eigenvalue weighted by molar-refractivity contribution is 0.0904. The molecule has 4 rings (SSSR count). The van der Waals surface area contributed by atoms with Crippen LogP contribution in [0.3, 0.4) is 0 Å². The normalized spacial score (nSPS) is 15.6. The molecule has 3 heterocycles. The van der Waals surface area contributed by atoms with Gasteiger partial charge in [0.15, 0.2) is 0 Å². The Labute approximate surface area is 184 Å². The van der Waals surface area contributed by atoms with Crippen LogP contribution < -0.4 is 10.9 Å². The van der Waals surface area contributed by atoms with Crippen LogP contribution in [0, 0.1) is 5.82 Å². The Hall–Kier alpha value is -2.74. The van der Waals surface area contributed by atoms with Gasteiger partial charge in [-0.3, -0.25) is 4.79 Å². The van der Waals surface area contributed by atoms with Crippen molar-refractivity contribution < 1.29 is 14.2 Å². The first-order chi connectivity index (χ1) is 15.0. The van der Waals surface area contributed by atoms with E-state index in [0.29, 0.717) is 11.6 Å². The molecule has 2 aromatic heterocycles. The summed E-state index contributed by atoms with van der Waals surface area (Å²) in [6.07, 6.45) is 5.16. The molecule has 1 aromatic carbocycles. The van der Waals surface area contributed by atoms with Crippen LogP contribution in [0.2, 0.25) is 5.02 Å². The monoisotopic (exact) mass is 443 g/mol. The molecule has 2 N–H and O–H groups in total. The predicted molar refractivity (Wildman–Crippen MR) is 118 cm³/mol. The fourth-order valence-corrected chi connectivity index (χ4v) is 3.86. The third kappa shape index (κ3) is 4.95. The number of aliphatic hydroxyl groups excluding tert-OH is 1. The number of nitrogens with one attached hydrogen (secondary N) is 1. The Morgan fingerprint density at radius 3 is 2.68 bits per heavy atom. The van der Waals surface area contributed by atoms with E-state index < -0.39 is 11.9 Å². The van der Waals surface area contributed by atoms with Crippen molar-refractivity contribution in [3.05, 3.63) is 81.6 Å². The van der Waals surface area contributed by atoms with Crippen molar-refractivity contribution in [3.8, 4) is 11.1 Å². The quantitative estimate of drug-likeness (QED) is 0.604. The Morgan fingerprint density at radius 2 is 1.97 bits per heavy atom. The highest BCUT2D eigenvalue weighted by molar-refractivity contribution is 6.30. The molecule has 1 fully saturated rings. The van der Waals surface area contributed by atoms with Crippen LogP contribution in [-0.2, 0) is 4.74 Å². The lowest BCUT2D eigenvalue weighted by Crippen LogP contribution is -2.28. The first-order valence-corrected chi connectivity index (χ1v) is 10.5. The highest BCUT2D eigenvalue weighted by Crippen LogP contribution is 2.25. The van der Waals surface area contributed by atoms with Gasteiger partial charge in [-0.25, -0.2) is 9.37 Å². The molecule has 8 heteroatoms. The van der Waals surface area contributed by atoms with Crippen molar-refractivity contribution in [3.63, 3.8) is 0 Å². The van der Waals surface area contributed by atoms with Gasteiger partial charge in [-0.05, 0) is 59.9 Å². The van der Waals surface area contributed by atoms with Crippen LogP contribution in [0.1, 0.15) is 24.4 Å². The minimum absolute atomic E-state index is 0.00834. The van der Waals surface area contributed by atoms with E-state index in [0.717, 1.165) is 43.0 Å². The molecule has 3 aromatic rings. The smallest absolute Gasteiger partial charge is 0.251 e. The van der Waals surface area contributed by atoms with Gasteiger partial charge in [0, 0.05) is 37.7 Å². The van der Waals surface area contributed by atoms with Gasteiger partial charge in [-0.1, -0.05) is 17.7 Å². The van der Waals surface area contributed by atoms with E-state index in [1.807, 2.05) is 12.1 Å². The standard InChI is InChI=1S/C23H23ClFN3O3/c24-19-2-1-17(11-20(19)25)21(14-29)28-8-4-16(13-23(28)30)15-3-7-26-22(12-15)27-18-5-9-31-10-6-18/h1-4,7-8,11-13,18,21,29H,5-6,9-10,14H2,(H,26,27)/t21-/m1/s1. The first kappa shape index (κ1) is 21.5. The number of pyridine rings is 2. The number of aliphatic hydroxyl groups is 1. The van der Waals surface area contributed by atoms with Crippen LogP contribution >= 0.6 is 11.6 Å². The lowest BCUT2D eigenvalue weighted by Gasteiger charge is -2.23. The van der Waals surface area contributed by atoms with E-state index >= 15 is 0 Å². The summed E-state index contributed by atoms with van der Waals surface area (Å²) in [5.41, 5.74) is 1.75. The average Bonchev–Trinajstić information content (AvgIpc) is 2.78. The van der Waals surface area contributed by atoms with Gasteiger partial charge in [-0.2, -0.15) is 0 Å². The molecule has 0 radical (unpaired) electrons. The number of nitrogens with zero attached hydrogens (tertiary/aromatic N) is 2. The minimum Gasteiger partial charge on any atom is -0.394 e. The van der Waals surface area contributed by atoms with E-state index in [9.17, 15) is 14.3 Å². The summed E-state index contributed by atoms with van der Waals surface area (Å²) < 4.78 is 20.6.